The molecule has 104 valence electrons. The van der Waals surface area contributed by atoms with Gasteiger partial charge in [0.05, 0.1) is 6.42 Å². The average molecular weight is 283 g/mol. The van der Waals surface area contributed by atoms with Gasteiger partial charge in [0.15, 0.2) is 5.11 Å². The van der Waals surface area contributed by atoms with Crippen molar-refractivity contribution in [1.29, 1.82) is 0 Å². The first kappa shape index (κ1) is 15.4. The third-order valence-corrected chi connectivity index (χ3v) is 2.32. The molecule has 0 fully saturated rings. The number of halogens is 1. The molecular formula is C13H18FN3OS. The van der Waals surface area contributed by atoms with E-state index in [9.17, 15) is 9.18 Å². The smallest absolute Gasteiger partial charge is 0.242 e. The largest absolute Gasteiger partial charge is 0.357 e. The van der Waals surface area contributed by atoms with Gasteiger partial charge in [0, 0.05) is 5.54 Å². The number of thiocarbonyl (C=S) groups is 1. The highest BCUT2D eigenvalue weighted by Crippen LogP contribution is 2.06. The number of nitrogens with one attached hydrogen (secondary N) is 3. The van der Waals surface area contributed by atoms with Gasteiger partial charge in [-0.25, -0.2) is 4.39 Å². The van der Waals surface area contributed by atoms with E-state index in [-0.39, 0.29) is 17.9 Å². The van der Waals surface area contributed by atoms with Gasteiger partial charge < -0.3 is 5.32 Å². The zero-order valence-corrected chi connectivity index (χ0v) is 12.0. The van der Waals surface area contributed by atoms with Crippen molar-refractivity contribution in [3.8, 4) is 0 Å². The van der Waals surface area contributed by atoms with E-state index in [4.69, 9.17) is 12.2 Å². The second kappa shape index (κ2) is 6.47. The molecule has 0 saturated heterocycles. The van der Waals surface area contributed by atoms with Gasteiger partial charge >= 0.3 is 0 Å². The lowest BCUT2D eigenvalue weighted by atomic mass is 10.1. The molecule has 0 atom stereocenters. The lowest BCUT2D eigenvalue weighted by molar-refractivity contribution is -0.121. The van der Waals surface area contributed by atoms with Crippen LogP contribution >= 0.6 is 12.2 Å². The summed E-state index contributed by atoms with van der Waals surface area (Å²) in [6.45, 7) is 5.84. The monoisotopic (exact) mass is 283 g/mol. The van der Waals surface area contributed by atoms with E-state index in [1.165, 1.54) is 6.07 Å². The number of carbonyl (C=O) groups excluding carboxylic acids is 1. The van der Waals surface area contributed by atoms with E-state index in [1.54, 1.807) is 18.2 Å². The van der Waals surface area contributed by atoms with Crippen molar-refractivity contribution in [2.24, 2.45) is 0 Å². The molecule has 1 amide bonds. The van der Waals surface area contributed by atoms with Crippen LogP contribution < -0.4 is 16.2 Å². The van der Waals surface area contributed by atoms with Gasteiger partial charge in [-0.3, -0.25) is 15.6 Å². The van der Waals surface area contributed by atoms with Crippen LogP contribution in [0.15, 0.2) is 24.3 Å². The van der Waals surface area contributed by atoms with Gasteiger partial charge in [-0.05, 0) is 44.6 Å². The lowest BCUT2D eigenvalue weighted by Crippen LogP contribution is -2.52. The normalized spacial score (nSPS) is 10.7. The van der Waals surface area contributed by atoms with Crippen molar-refractivity contribution >= 4 is 23.2 Å². The van der Waals surface area contributed by atoms with Gasteiger partial charge in [-0.1, -0.05) is 18.2 Å². The summed E-state index contributed by atoms with van der Waals surface area (Å²) < 4.78 is 13.3. The highest BCUT2D eigenvalue weighted by atomic mass is 32.1. The third kappa shape index (κ3) is 6.15. The maximum atomic E-state index is 13.3. The Morgan fingerprint density at radius 1 is 1.26 bits per heavy atom. The summed E-state index contributed by atoms with van der Waals surface area (Å²) in [5, 5.41) is 3.30. The van der Waals surface area contributed by atoms with E-state index >= 15 is 0 Å². The van der Waals surface area contributed by atoms with Crippen molar-refractivity contribution in [1.82, 2.24) is 16.2 Å². The van der Waals surface area contributed by atoms with Gasteiger partial charge in [0.1, 0.15) is 5.82 Å². The molecule has 0 aromatic heterocycles. The maximum absolute atomic E-state index is 13.3. The van der Waals surface area contributed by atoms with Crippen LogP contribution in [0.4, 0.5) is 4.39 Å². The molecule has 6 heteroatoms. The topological polar surface area (TPSA) is 53.2 Å². The van der Waals surface area contributed by atoms with Crippen LogP contribution in [0.25, 0.3) is 0 Å². The van der Waals surface area contributed by atoms with E-state index in [0.717, 1.165) is 0 Å². The third-order valence-electron chi connectivity index (χ3n) is 2.11. The number of amides is 1. The predicted octanol–water partition coefficient (Wildman–Crippen LogP) is 1.66. The second-order valence-electron chi connectivity index (χ2n) is 5.15. The summed E-state index contributed by atoms with van der Waals surface area (Å²) in [5.41, 5.74) is 5.15. The fourth-order valence-corrected chi connectivity index (χ4v) is 1.71. The van der Waals surface area contributed by atoms with E-state index < -0.39 is 5.82 Å². The Kier molecular flexibility index (Phi) is 5.23. The molecule has 0 bridgehead atoms. The number of carbonyl (C=O) groups is 1. The zero-order valence-electron chi connectivity index (χ0n) is 11.2. The van der Waals surface area contributed by atoms with Gasteiger partial charge in [-0.15, -0.1) is 0 Å². The summed E-state index contributed by atoms with van der Waals surface area (Å²) >= 11 is 5.00. The molecule has 1 rings (SSSR count). The summed E-state index contributed by atoms with van der Waals surface area (Å²) in [4.78, 5) is 11.6. The van der Waals surface area contributed by atoms with Crippen molar-refractivity contribution < 1.29 is 9.18 Å². The van der Waals surface area contributed by atoms with Crippen molar-refractivity contribution in [2.75, 3.05) is 0 Å². The Bertz CT molecular complexity index is 471. The molecule has 0 aliphatic rings. The molecule has 0 aliphatic carbocycles. The van der Waals surface area contributed by atoms with Gasteiger partial charge in [-0.2, -0.15) is 0 Å². The quantitative estimate of drug-likeness (QED) is 0.571. The minimum Gasteiger partial charge on any atom is -0.357 e. The first-order valence-electron chi connectivity index (χ1n) is 5.88. The molecule has 0 aliphatic heterocycles. The first-order valence-corrected chi connectivity index (χ1v) is 6.29. The second-order valence-corrected chi connectivity index (χ2v) is 5.55. The van der Waals surface area contributed by atoms with Crippen LogP contribution in [-0.4, -0.2) is 16.6 Å². The summed E-state index contributed by atoms with van der Waals surface area (Å²) in [6.07, 6.45) is -0.0438. The molecular weight excluding hydrogens is 265 g/mol. The van der Waals surface area contributed by atoms with Crippen molar-refractivity contribution in [3.63, 3.8) is 0 Å². The minimum absolute atomic E-state index is 0.0438. The molecule has 0 heterocycles. The SMILES string of the molecule is CC(C)(C)NC(=S)NNC(=O)Cc1ccccc1F. The van der Waals surface area contributed by atoms with Crippen LogP contribution in [0.2, 0.25) is 0 Å². The zero-order chi connectivity index (χ0) is 14.5. The number of hydrazine groups is 1. The average Bonchev–Trinajstić information content (AvgIpc) is 2.27. The van der Waals surface area contributed by atoms with Crippen LogP contribution in [0, 0.1) is 5.82 Å². The minimum atomic E-state index is -0.395. The Hall–Kier alpha value is -1.69. The highest BCUT2D eigenvalue weighted by molar-refractivity contribution is 7.80. The van der Waals surface area contributed by atoms with E-state index in [2.05, 4.69) is 16.2 Å². The summed E-state index contributed by atoms with van der Waals surface area (Å²) in [5.74, 6) is -0.754. The number of hydrogen-bond acceptors (Lipinski definition) is 2. The maximum Gasteiger partial charge on any atom is 0.242 e. The molecule has 4 nitrogen and oxygen atoms in total. The Morgan fingerprint density at radius 3 is 2.47 bits per heavy atom. The van der Waals surface area contributed by atoms with Crippen molar-refractivity contribution in [3.05, 3.63) is 35.6 Å². The Morgan fingerprint density at radius 2 is 1.89 bits per heavy atom. The fraction of sp³-hybridized carbons (Fsp3) is 0.385. The Labute approximate surface area is 117 Å². The molecule has 1 aromatic carbocycles. The number of hydrogen-bond donors (Lipinski definition) is 3. The first-order chi connectivity index (χ1) is 8.78. The van der Waals surface area contributed by atoms with Crippen LogP contribution in [0.1, 0.15) is 26.3 Å². The molecule has 0 radical (unpaired) electrons. The molecule has 0 unspecified atom stereocenters. The summed E-state index contributed by atoms with van der Waals surface area (Å²) in [7, 11) is 0. The molecule has 0 spiro atoms. The summed E-state index contributed by atoms with van der Waals surface area (Å²) in [6, 6.07) is 6.16. The molecule has 3 N–H and O–H groups in total. The van der Waals surface area contributed by atoms with E-state index in [1.807, 2.05) is 20.8 Å². The molecule has 19 heavy (non-hydrogen) atoms. The van der Waals surface area contributed by atoms with E-state index in [0.29, 0.717) is 10.7 Å². The number of rotatable bonds is 2. The fourth-order valence-electron chi connectivity index (χ4n) is 1.36. The van der Waals surface area contributed by atoms with Crippen LogP contribution in [0.3, 0.4) is 0 Å². The van der Waals surface area contributed by atoms with Gasteiger partial charge in [0.2, 0.25) is 5.91 Å². The highest BCUT2D eigenvalue weighted by Gasteiger charge is 2.12. The molecule has 1 aromatic rings. The number of benzene rings is 1. The Balaban J connectivity index is 2.41. The van der Waals surface area contributed by atoms with Crippen LogP contribution in [0.5, 0.6) is 0 Å². The van der Waals surface area contributed by atoms with Crippen molar-refractivity contribution in [2.45, 2.75) is 32.7 Å². The van der Waals surface area contributed by atoms with Gasteiger partial charge in [0.25, 0.3) is 0 Å². The standard InChI is InChI=1S/C13H18FN3OS/c1-13(2,3)15-12(19)17-16-11(18)8-9-6-4-5-7-10(9)14/h4-7H,8H2,1-3H3,(H,16,18)(H2,15,17,19). The predicted molar refractivity (Wildman–Crippen MR) is 76.9 cm³/mol. The van der Waals surface area contributed by atoms with Crippen LogP contribution in [-0.2, 0) is 11.2 Å². The lowest BCUT2D eigenvalue weighted by Gasteiger charge is -2.23. The molecule has 0 saturated carbocycles.